The standard InChI is InChI=1S/C16H21N7S2/c1-4-5-8-23-14(18-21-22-23)10-24-16-20-19-15(25-16)17-13-7-6-11(2)12(3)9-13/h6-7,9H,4-5,8,10H2,1-3H3,(H,17,19). The summed E-state index contributed by atoms with van der Waals surface area (Å²) >= 11 is 3.14. The maximum Gasteiger partial charge on any atom is 0.210 e. The second kappa shape index (κ2) is 8.39. The van der Waals surface area contributed by atoms with E-state index in [1.165, 1.54) is 22.5 Å². The van der Waals surface area contributed by atoms with Crippen LogP contribution in [0.25, 0.3) is 0 Å². The Hall–Kier alpha value is -2.00. The quantitative estimate of drug-likeness (QED) is 0.596. The molecular formula is C16H21N7S2. The van der Waals surface area contributed by atoms with Crippen LogP contribution in [0.15, 0.2) is 22.5 Å². The zero-order valence-electron chi connectivity index (χ0n) is 14.6. The molecule has 9 heteroatoms. The topological polar surface area (TPSA) is 81.4 Å². The maximum absolute atomic E-state index is 4.23. The van der Waals surface area contributed by atoms with Gasteiger partial charge in [0.15, 0.2) is 10.2 Å². The molecule has 3 aromatic rings. The zero-order valence-corrected chi connectivity index (χ0v) is 16.2. The largest absolute Gasteiger partial charge is 0.330 e. The van der Waals surface area contributed by atoms with E-state index in [0.717, 1.165) is 40.4 Å². The summed E-state index contributed by atoms with van der Waals surface area (Å²) in [6.45, 7) is 7.22. The highest BCUT2D eigenvalue weighted by molar-refractivity contribution is 8.00. The number of unbranched alkanes of at least 4 members (excludes halogenated alkanes) is 1. The smallest absolute Gasteiger partial charge is 0.210 e. The lowest BCUT2D eigenvalue weighted by Crippen LogP contribution is -2.04. The number of rotatable bonds is 8. The third kappa shape index (κ3) is 4.76. The molecule has 7 nitrogen and oxygen atoms in total. The molecule has 0 aliphatic heterocycles. The lowest BCUT2D eigenvalue weighted by molar-refractivity contribution is 0.540. The van der Waals surface area contributed by atoms with E-state index in [9.17, 15) is 0 Å². The van der Waals surface area contributed by atoms with Crippen molar-refractivity contribution in [3.05, 3.63) is 35.2 Å². The highest BCUT2D eigenvalue weighted by Crippen LogP contribution is 2.29. The summed E-state index contributed by atoms with van der Waals surface area (Å²) < 4.78 is 2.77. The first kappa shape index (κ1) is 17.8. The lowest BCUT2D eigenvalue weighted by atomic mass is 10.1. The van der Waals surface area contributed by atoms with Crippen LogP contribution in [0, 0.1) is 13.8 Å². The normalized spacial score (nSPS) is 11.0. The number of hydrogen-bond donors (Lipinski definition) is 1. The molecule has 1 N–H and O–H groups in total. The van der Waals surface area contributed by atoms with Gasteiger partial charge in [-0.05, 0) is 54.0 Å². The lowest BCUT2D eigenvalue weighted by Gasteiger charge is -2.05. The Bertz CT molecular complexity index is 828. The summed E-state index contributed by atoms with van der Waals surface area (Å²) in [5, 5.41) is 24.5. The van der Waals surface area contributed by atoms with Crippen LogP contribution in [0.3, 0.4) is 0 Å². The maximum atomic E-state index is 4.23. The monoisotopic (exact) mass is 375 g/mol. The van der Waals surface area contributed by atoms with Crippen molar-refractivity contribution >= 4 is 33.9 Å². The van der Waals surface area contributed by atoms with Crippen molar-refractivity contribution in [3.8, 4) is 0 Å². The minimum atomic E-state index is 0.689. The summed E-state index contributed by atoms with van der Waals surface area (Å²) in [6, 6.07) is 6.27. The fourth-order valence-electron chi connectivity index (χ4n) is 2.20. The minimum Gasteiger partial charge on any atom is -0.330 e. The molecule has 0 radical (unpaired) electrons. The summed E-state index contributed by atoms with van der Waals surface area (Å²) in [5.74, 6) is 1.56. The second-order valence-electron chi connectivity index (χ2n) is 5.76. The SMILES string of the molecule is CCCCn1nnnc1CSc1nnc(Nc2ccc(C)c(C)c2)s1. The molecule has 2 heterocycles. The van der Waals surface area contributed by atoms with Crippen molar-refractivity contribution in [1.29, 1.82) is 0 Å². The number of benzene rings is 1. The van der Waals surface area contributed by atoms with Crippen LogP contribution in [0.5, 0.6) is 0 Å². The minimum absolute atomic E-state index is 0.689. The Morgan fingerprint density at radius 1 is 1.16 bits per heavy atom. The van der Waals surface area contributed by atoms with Crippen molar-refractivity contribution in [3.63, 3.8) is 0 Å². The Kier molecular flexibility index (Phi) is 5.98. The molecule has 1 aromatic carbocycles. The summed E-state index contributed by atoms with van der Waals surface area (Å²) in [4.78, 5) is 0. The van der Waals surface area contributed by atoms with E-state index in [1.54, 1.807) is 11.8 Å². The average molecular weight is 376 g/mol. The molecule has 132 valence electrons. The Morgan fingerprint density at radius 3 is 2.84 bits per heavy atom. The zero-order chi connectivity index (χ0) is 17.6. The summed E-state index contributed by atoms with van der Waals surface area (Å²) in [5.41, 5.74) is 3.56. The summed E-state index contributed by atoms with van der Waals surface area (Å²) in [6.07, 6.45) is 2.20. The van der Waals surface area contributed by atoms with Gasteiger partial charge < -0.3 is 5.32 Å². The van der Waals surface area contributed by atoms with Crippen LogP contribution in [-0.2, 0) is 12.3 Å². The van der Waals surface area contributed by atoms with Gasteiger partial charge in [-0.2, -0.15) is 0 Å². The number of tetrazole rings is 1. The first-order valence-electron chi connectivity index (χ1n) is 8.21. The molecule has 0 aliphatic carbocycles. The summed E-state index contributed by atoms with van der Waals surface area (Å²) in [7, 11) is 0. The van der Waals surface area contributed by atoms with Gasteiger partial charge in [0.2, 0.25) is 5.13 Å². The van der Waals surface area contributed by atoms with Crippen molar-refractivity contribution in [1.82, 2.24) is 30.4 Å². The molecular weight excluding hydrogens is 354 g/mol. The first-order chi connectivity index (χ1) is 12.2. The third-order valence-electron chi connectivity index (χ3n) is 3.82. The molecule has 25 heavy (non-hydrogen) atoms. The van der Waals surface area contributed by atoms with Gasteiger partial charge in [0, 0.05) is 12.2 Å². The number of anilines is 2. The number of hydrogen-bond acceptors (Lipinski definition) is 8. The highest BCUT2D eigenvalue weighted by atomic mass is 32.2. The van der Waals surface area contributed by atoms with Crippen molar-refractivity contribution in [2.24, 2.45) is 0 Å². The number of nitrogens with one attached hydrogen (secondary N) is 1. The molecule has 0 saturated heterocycles. The predicted octanol–water partition coefficient (Wildman–Crippen LogP) is 3.98. The van der Waals surface area contributed by atoms with E-state index >= 15 is 0 Å². The molecule has 0 aliphatic rings. The van der Waals surface area contributed by atoms with Gasteiger partial charge in [-0.25, -0.2) is 4.68 Å². The van der Waals surface area contributed by atoms with Gasteiger partial charge in [0.25, 0.3) is 0 Å². The van der Waals surface area contributed by atoms with Crippen LogP contribution in [0.2, 0.25) is 0 Å². The van der Waals surface area contributed by atoms with Gasteiger partial charge in [-0.3, -0.25) is 0 Å². The number of nitrogens with zero attached hydrogens (tertiary/aromatic N) is 6. The van der Waals surface area contributed by atoms with Crippen LogP contribution in [0.1, 0.15) is 36.7 Å². The fraction of sp³-hybridized carbons (Fsp3) is 0.438. The van der Waals surface area contributed by atoms with Gasteiger partial charge in [-0.15, -0.1) is 15.3 Å². The van der Waals surface area contributed by atoms with E-state index < -0.39 is 0 Å². The molecule has 3 rings (SSSR count). The Labute approximate surface area is 155 Å². The molecule has 0 unspecified atom stereocenters. The van der Waals surface area contributed by atoms with Gasteiger partial charge in [0.05, 0.1) is 5.75 Å². The Morgan fingerprint density at radius 2 is 2.04 bits per heavy atom. The van der Waals surface area contributed by atoms with Crippen molar-refractivity contribution in [2.45, 2.75) is 50.3 Å². The average Bonchev–Trinajstić information content (AvgIpc) is 3.23. The van der Waals surface area contributed by atoms with E-state index in [-0.39, 0.29) is 0 Å². The number of aryl methyl sites for hydroxylation is 3. The predicted molar refractivity (Wildman–Crippen MR) is 101 cm³/mol. The number of thioether (sulfide) groups is 1. The van der Waals surface area contributed by atoms with E-state index in [0.29, 0.717) is 5.75 Å². The fourth-order valence-corrected chi connectivity index (χ4v) is 3.90. The second-order valence-corrected chi connectivity index (χ2v) is 7.96. The molecule has 2 aromatic heterocycles. The molecule has 0 atom stereocenters. The van der Waals surface area contributed by atoms with Gasteiger partial charge in [-0.1, -0.05) is 42.5 Å². The Balaban J connectivity index is 1.58. The van der Waals surface area contributed by atoms with Crippen molar-refractivity contribution < 1.29 is 0 Å². The van der Waals surface area contributed by atoms with Crippen LogP contribution in [0.4, 0.5) is 10.8 Å². The van der Waals surface area contributed by atoms with Gasteiger partial charge >= 0.3 is 0 Å². The highest BCUT2D eigenvalue weighted by Gasteiger charge is 2.10. The van der Waals surface area contributed by atoms with Crippen LogP contribution < -0.4 is 5.32 Å². The van der Waals surface area contributed by atoms with Crippen LogP contribution in [-0.4, -0.2) is 30.4 Å². The van der Waals surface area contributed by atoms with E-state index in [2.05, 4.69) is 70.0 Å². The van der Waals surface area contributed by atoms with Crippen LogP contribution >= 0.6 is 23.1 Å². The first-order valence-corrected chi connectivity index (χ1v) is 10.0. The van der Waals surface area contributed by atoms with Crippen molar-refractivity contribution in [2.75, 3.05) is 5.32 Å². The third-order valence-corrected chi connectivity index (χ3v) is 5.79. The molecule has 0 fully saturated rings. The van der Waals surface area contributed by atoms with Gasteiger partial charge in [0.1, 0.15) is 0 Å². The number of aromatic nitrogens is 6. The molecule has 0 amide bonds. The molecule has 0 bridgehead atoms. The molecule has 0 spiro atoms. The van der Waals surface area contributed by atoms with E-state index in [4.69, 9.17) is 0 Å². The molecule has 0 saturated carbocycles. The van der Waals surface area contributed by atoms with E-state index in [1.807, 2.05) is 4.68 Å².